The second kappa shape index (κ2) is 8.13. The predicted molar refractivity (Wildman–Crippen MR) is 65.3 cm³/mol. The van der Waals surface area contributed by atoms with Crippen molar-refractivity contribution >= 4 is 0 Å². The topological polar surface area (TPSA) is 44.5 Å². The van der Waals surface area contributed by atoms with E-state index in [1.165, 1.54) is 6.07 Å². The molecular formula is C13H19F2NO2. The van der Waals surface area contributed by atoms with Crippen LogP contribution in [0.2, 0.25) is 0 Å². The van der Waals surface area contributed by atoms with Crippen LogP contribution in [0.15, 0.2) is 18.2 Å². The molecule has 0 aliphatic rings. The Morgan fingerprint density at radius 1 is 1.17 bits per heavy atom. The highest BCUT2D eigenvalue weighted by Gasteiger charge is 2.07. The van der Waals surface area contributed by atoms with E-state index in [1.54, 1.807) is 13.2 Å². The molecule has 1 aromatic rings. The van der Waals surface area contributed by atoms with E-state index in [2.05, 4.69) is 0 Å². The molecule has 0 aliphatic heterocycles. The summed E-state index contributed by atoms with van der Waals surface area (Å²) in [7, 11) is 1.61. The van der Waals surface area contributed by atoms with Gasteiger partial charge in [0.2, 0.25) is 0 Å². The van der Waals surface area contributed by atoms with Crippen LogP contribution in [0, 0.1) is 11.6 Å². The summed E-state index contributed by atoms with van der Waals surface area (Å²) in [6.07, 6.45) is 1.17. The molecule has 0 saturated heterocycles. The monoisotopic (exact) mass is 259 g/mol. The average molecular weight is 259 g/mol. The number of nitrogens with two attached hydrogens (primary N) is 1. The lowest BCUT2D eigenvalue weighted by Gasteiger charge is -2.12. The van der Waals surface area contributed by atoms with E-state index in [4.69, 9.17) is 15.2 Å². The lowest BCUT2D eigenvalue weighted by Crippen LogP contribution is -2.25. The smallest absolute Gasteiger partial charge is 0.159 e. The van der Waals surface area contributed by atoms with Gasteiger partial charge in [0, 0.05) is 19.8 Å². The van der Waals surface area contributed by atoms with Crippen LogP contribution in [0.5, 0.6) is 0 Å². The van der Waals surface area contributed by atoms with E-state index in [0.29, 0.717) is 38.2 Å². The Labute approximate surface area is 106 Å². The fourth-order valence-electron chi connectivity index (χ4n) is 1.55. The Bertz CT molecular complexity index is 361. The Hall–Kier alpha value is -1.04. The van der Waals surface area contributed by atoms with Crippen molar-refractivity contribution in [2.24, 2.45) is 5.73 Å². The molecule has 5 heteroatoms. The molecule has 0 spiro atoms. The summed E-state index contributed by atoms with van der Waals surface area (Å²) in [4.78, 5) is 0. The van der Waals surface area contributed by atoms with Crippen molar-refractivity contribution in [3.8, 4) is 0 Å². The van der Waals surface area contributed by atoms with E-state index < -0.39 is 11.6 Å². The number of methoxy groups -OCH3 is 1. The maximum Gasteiger partial charge on any atom is 0.159 e. The zero-order valence-corrected chi connectivity index (χ0v) is 10.5. The van der Waals surface area contributed by atoms with Crippen molar-refractivity contribution in [3.63, 3.8) is 0 Å². The summed E-state index contributed by atoms with van der Waals surface area (Å²) in [5, 5.41) is 0. The second-order valence-corrected chi connectivity index (χ2v) is 4.11. The summed E-state index contributed by atoms with van der Waals surface area (Å²) in [5.41, 5.74) is 6.57. The molecule has 1 aromatic carbocycles. The SMILES string of the molecule is COCCOCCC(N)Cc1ccc(F)c(F)c1. The molecule has 1 atom stereocenters. The van der Waals surface area contributed by atoms with Crippen molar-refractivity contribution in [3.05, 3.63) is 35.4 Å². The van der Waals surface area contributed by atoms with Gasteiger partial charge in [-0.25, -0.2) is 8.78 Å². The van der Waals surface area contributed by atoms with E-state index >= 15 is 0 Å². The van der Waals surface area contributed by atoms with Crippen LogP contribution in [0.4, 0.5) is 8.78 Å². The Balaban J connectivity index is 2.26. The van der Waals surface area contributed by atoms with Crippen molar-refractivity contribution in [2.75, 3.05) is 26.9 Å². The summed E-state index contributed by atoms with van der Waals surface area (Å²) in [6.45, 7) is 1.63. The van der Waals surface area contributed by atoms with Gasteiger partial charge in [-0.15, -0.1) is 0 Å². The maximum absolute atomic E-state index is 13.0. The van der Waals surface area contributed by atoms with Crippen molar-refractivity contribution < 1.29 is 18.3 Å². The van der Waals surface area contributed by atoms with Gasteiger partial charge in [-0.1, -0.05) is 6.07 Å². The van der Waals surface area contributed by atoms with Crippen LogP contribution in [0.25, 0.3) is 0 Å². The zero-order chi connectivity index (χ0) is 13.4. The molecule has 0 saturated carbocycles. The minimum Gasteiger partial charge on any atom is -0.382 e. The molecule has 0 radical (unpaired) electrons. The summed E-state index contributed by atoms with van der Waals surface area (Å²) in [5.74, 6) is -1.67. The van der Waals surface area contributed by atoms with Crippen LogP contribution < -0.4 is 5.73 Å². The van der Waals surface area contributed by atoms with Crippen LogP contribution in [0.1, 0.15) is 12.0 Å². The number of hydrogen-bond donors (Lipinski definition) is 1. The van der Waals surface area contributed by atoms with Crippen molar-refractivity contribution in [2.45, 2.75) is 18.9 Å². The minimum atomic E-state index is -0.838. The number of rotatable bonds is 8. The third kappa shape index (κ3) is 5.53. The highest BCUT2D eigenvalue weighted by atomic mass is 19.2. The minimum absolute atomic E-state index is 0.127. The normalized spacial score (nSPS) is 12.7. The standard InChI is InChI=1S/C13H19F2NO2/c1-17-6-7-18-5-4-11(16)8-10-2-3-12(14)13(15)9-10/h2-3,9,11H,4-8,16H2,1H3. The molecule has 18 heavy (non-hydrogen) atoms. The predicted octanol–water partition coefficient (Wildman–Crippen LogP) is 1.89. The van der Waals surface area contributed by atoms with Crippen LogP contribution >= 0.6 is 0 Å². The van der Waals surface area contributed by atoms with E-state index in [0.717, 1.165) is 6.07 Å². The fourth-order valence-corrected chi connectivity index (χ4v) is 1.55. The highest BCUT2D eigenvalue weighted by molar-refractivity contribution is 5.18. The fraction of sp³-hybridized carbons (Fsp3) is 0.538. The molecule has 1 unspecified atom stereocenters. The van der Waals surface area contributed by atoms with Gasteiger partial charge in [0.1, 0.15) is 0 Å². The number of halogens is 2. The Kier molecular flexibility index (Phi) is 6.78. The quantitative estimate of drug-likeness (QED) is 0.725. The molecule has 2 N–H and O–H groups in total. The first-order valence-electron chi connectivity index (χ1n) is 5.89. The van der Waals surface area contributed by atoms with Gasteiger partial charge >= 0.3 is 0 Å². The molecule has 0 bridgehead atoms. The Morgan fingerprint density at radius 2 is 1.94 bits per heavy atom. The first-order chi connectivity index (χ1) is 8.63. The third-order valence-electron chi connectivity index (χ3n) is 2.55. The lowest BCUT2D eigenvalue weighted by molar-refractivity contribution is 0.0672. The van der Waals surface area contributed by atoms with Crippen molar-refractivity contribution in [1.82, 2.24) is 0 Å². The Morgan fingerprint density at radius 3 is 2.61 bits per heavy atom. The van der Waals surface area contributed by atoms with Gasteiger partial charge in [-0.3, -0.25) is 0 Å². The number of benzene rings is 1. The first-order valence-corrected chi connectivity index (χ1v) is 5.89. The number of hydrogen-bond acceptors (Lipinski definition) is 3. The van der Waals surface area contributed by atoms with Gasteiger partial charge in [-0.2, -0.15) is 0 Å². The van der Waals surface area contributed by atoms with Crippen LogP contribution in [0.3, 0.4) is 0 Å². The largest absolute Gasteiger partial charge is 0.382 e. The summed E-state index contributed by atoms with van der Waals surface area (Å²) >= 11 is 0. The molecule has 3 nitrogen and oxygen atoms in total. The van der Waals surface area contributed by atoms with Gasteiger partial charge in [0.15, 0.2) is 11.6 Å². The molecule has 0 fully saturated rings. The number of ether oxygens (including phenoxy) is 2. The van der Waals surface area contributed by atoms with Crippen LogP contribution in [-0.4, -0.2) is 33.0 Å². The van der Waals surface area contributed by atoms with Gasteiger partial charge in [0.25, 0.3) is 0 Å². The lowest BCUT2D eigenvalue weighted by atomic mass is 10.0. The summed E-state index contributed by atoms with van der Waals surface area (Å²) < 4.78 is 35.8. The highest BCUT2D eigenvalue weighted by Crippen LogP contribution is 2.11. The molecule has 102 valence electrons. The van der Waals surface area contributed by atoms with E-state index in [-0.39, 0.29) is 6.04 Å². The first kappa shape index (κ1) is 15.0. The second-order valence-electron chi connectivity index (χ2n) is 4.11. The van der Waals surface area contributed by atoms with Gasteiger partial charge in [0.05, 0.1) is 13.2 Å². The van der Waals surface area contributed by atoms with Crippen molar-refractivity contribution in [1.29, 1.82) is 0 Å². The van der Waals surface area contributed by atoms with Crippen LogP contribution in [-0.2, 0) is 15.9 Å². The zero-order valence-electron chi connectivity index (χ0n) is 10.5. The molecule has 0 amide bonds. The molecule has 1 rings (SSSR count). The molecule has 0 heterocycles. The average Bonchev–Trinajstić information content (AvgIpc) is 2.34. The third-order valence-corrected chi connectivity index (χ3v) is 2.55. The van der Waals surface area contributed by atoms with Gasteiger partial charge in [-0.05, 0) is 30.5 Å². The van der Waals surface area contributed by atoms with E-state index in [1.807, 2.05) is 0 Å². The summed E-state index contributed by atoms with van der Waals surface area (Å²) in [6, 6.07) is 3.72. The van der Waals surface area contributed by atoms with E-state index in [9.17, 15) is 8.78 Å². The molecular weight excluding hydrogens is 240 g/mol. The maximum atomic E-state index is 13.0. The molecule has 0 aliphatic carbocycles. The van der Waals surface area contributed by atoms with Gasteiger partial charge < -0.3 is 15.2 Å². The molecule has 0 aromatic heterocycles.